The van der Waals surface area contributed by atoms with Crippen LogP contribution in [0.3, 0.4) is 0 Å². The van der Waals surface area contributed by atoms with Gasteiger partial charge in [-0.1, -0.05) is 24.3 Å². The van der Waals surface area contributed by atoms with Gasteiger partial charge in [0.15, 0.2) is 0 Å². The van der Waals surface area contributed by atoms with E-state index in [-0.39, 0.29) is 11.9 Å². The summed E-state index contributed by atoms with van der Waals surface area (Å²) in [7, 11) is 0. The fraction of sp³-hybridized carbons (Fsp3) is 0.273. The highest BCUT2D eigenvalue weighted by Crippen LogP contribution is 2.25. The van der Waals surface area contributed by atoms with Gasteiger partial charge in [-0.2, -0.15) is 5.10 Å². The normalized spacial score (nSPS) is 11.9. The molecule has 146 valence electrons. The van der Waals surface area contributed by atoms with Gasteiger partial charge in [-0.05, 0) is 66.5 Å². The van der Waals surface area contributed by atoms with Crippen LogP contribution in [0.2, 0.25) is 0 Å². The quantitative estimate of drug-likeness (QED) is 0.558. The summed E-state index contributed by atoms with van der Waals surface area (Å²) in [5.41, 5.74) is 3.65. The predicted octanol–water partition coefficient (Wildman–Crippen LogP) is 5.04. The lowest BCUT2D eigenvalue weighted by atomic mass is 10.1. The molecule has 0 aliphatic rings. The largest absolute Gasteiger partial charge is 0.488 e. The minimum Gasteiger partial charge on any atom is -0.488 e. The lowest BCUT2D eigenvalue weighted by Crippen LogP contribution is -2.27. The van der Waals surface area contributed by atoms with Gasteiger partial charge in [-0.15, -0.1) is 0 Å². The molecule has 1 heterocycles. The molecule has 0 aliphatic heterocycles. The zero-order chi connectivity index (χ0) is 20.1. The van der Waals surface area contributed by atoms with Crippen LogP contribution in [0.4, 0.5) is 0 Å². The van der Waals surface area contributed by atoms with Crippen LogP contribution in [0.5, 0.6) is 5.75 Å². The van der Waals surface area contributed by atoms with Crippen LogP contribution in [0.1, 0.15) is 47.1 Å². The maximum Gasteiger partial charge on any atom is 0.251 e. The number of amides is 1. The van der Waals surface area contributed by atoms with Crippen molar-refractivity contribution >= 4 is 21.8 Å². The summed E-state index contributed by atoms with van der Waals surface area (Å²) in [4.78, 5) is 12.7. The van der Waals surface area contributed by atoms with Crippen molar-refractivity contribution in [1.82, 2.24) is 15.1 Å². The van der Waals surface area contributed by atoms with Gasteiger partial charge in [0, 0.05) is 23.4 Å². The molecular formula is C22H24BrN3O2. The van der Waals surface area contributed by atoms with Crippen molar-refractivity contribution in [2.75, 3.05) is 0 Å². The average molecular weight is 442 g/mol. The Morgan fingerprint density at radius 1 is 1.25 bits per heavy atom. The molecule has 0 bridgehead atoms. The molecule has 1 N–H and O–H groups in total. The van der Waals surface area contributed by atoms with Crippen LogP contribution in [-0.4, -0.2) is 15.7 Å². The van der Waals surface area contributed by atoms with Crippen LogP contribution in [0, 0.1) is 6.92 Å². The van der Waals surface area contributed by atoms with Crippen molar-refractivity contribution in [2.24, 2.45) is 0 Å². The Morgan fingerprint density at radius 2 is 2.04 bits per heavy atom. The summed E-state index contributed by atoms with van der Waals surface area (Å²) >= 11 is 3.47. The molecule has 1 aromatic heterocycles. The first kappa shape index (κ1) is 20.1. The van der Waals surface area contributed by atoms with E-state index in [0.717, 1.165) is 33.6 Å². The summed E-state index contributed by atoms with van der Waals surface area (Å²) in [6.45, 7) is 7.25. The number of hydrogen-bond donors (Lipinski definition) is 1. The third kappa shape index (κ3) is 4.62. The molecule has 0 spiro atoms. The van der Waals surface area contributed by atoms with Crippen LogP contribution in [0.25, 0.3) is 0 Å². The number of carbonyl (C=O) groups is 1. The van der Waals surface area contributed by atoms with Crippen molar-refractivity contribution < 1.29 is 9.53 Å². The number of carbonyl (C=O) groups excluding carboxylic acids is 1. The number of aryl methyl sites for hydroxylation is 1. The van der Waals surface area contributed by atoms with Crippen molar-refractivity contribution in [3.8, 4) is 5.75 Å². The zero-order valence-electron chi connectivity index (χ0n) is 16.3. The molecule has 28 heavy (non-hydrogen) atoms. The van der Waals surface area contributed by atoms with E-state index in [0.29, 0.717) is 12.2 Å². The summed E-state index contributed by atoms with van der Waals surface area (Å²) in [6.07, 6.45) is 1.83. The van der Waals surface area contributed by atoms with Crippen molar-refractivity contribution in [3.63, 3.8) is 0 Å². The Hall–Kier alpha value is -2.60. The first-order chi connectivity index (χ1) is 13.5. The molecule has 6 heteroatoms. The fourth-order valence-corrected chi connectivity index (χ4v) is 3.49. The van der Waals surface area contributed by atoms with Crippen molar-refractivity contribution in [3.05, 3.63) is 81.6 Å². The highest BCUT2D eigenvalue weighted by Gasteiger charge is 2.16. The summed E-state index contributed by atoms with van der Waals surface area (Å²) in [5.74, 6) is 0.660. The number of halogens is 1. The van der Waals surface area contributed by atoms with Crippen LogP contribution < -0.4 is 10.1 Å². The highest BCUT2D eigenvalue weighted by molar-refractivity contribution is 9.10. The molecule has 5 nitrogen and oxygen atoms in total. The Labute approximate surface area is 173 Å². The predicted molar refractivity (Wildman–Crippen MR) is 113 cm³/mol. The van der Waals surface area contributed by atoms with E-state index in [4.69, 9.17) is 4.74 Å². The molecular weight excluding hydrogens is 418 g/mol. The van der Waals surface area contributed by atoms with Gasteiger partial charge in [0.1, 0.15) is 12.4 Å². The maximum absolute atomic E-state index is 12.7. The number of aromatic nitrogens is 2. The topological polar surface area (TPSA) is 56.2 Å². The lowest BCUT2D eigenvalue weighted by molar-refractivity contribution is 0.0939. The second-order valence-corrected chi connectivity index (χ2v) is 7.47. The van der Waals surface area contributed by atoms with Gasteiger partial charge in [-0.3, -0.25) is 9.48 Å². The number of ether oxygens (including phenoxy) is 1. The summed E-state index contributed by atoms with van der Waals surface area (Å²) in [5, 5.41) is 7.41. The Kier molecular flexibility index (Phi) is 6.52. The van der Waals surface area contributed by atoms with Gasteiger partial charge in [-0.25, -0.2) is 0 Å². The number of nitrogens with one attached hydrogen (secondary N) is 1. The molecule has 0 radical (unpaired) electrons. The third-order valence-corrected chi connectivity index (χ3v) is 5.33. The SMILES string of the molecule is CCn1ncc(C(C)NC(=O)c2cccc(COc3ccccc3Br)c2)c1C. The van der Waals surface area contributed by atoms with E-state index in [9.17, 15) is 4.79 Å². The molecule has 2 aromatic carbocycles. The minimum atomic E-state index is -0.118. The monoisotopic (exact) mass is 441 g/mol. The molecule has 0 saturated carbocycles. The van der Waals surface area contributed by atoms with E-state index in [1.807, 2.05) is 73.3 Å². The summed E-state index contributed by atoms with van der Waals surface area (Å²) < 4.78 is 8.68. The zero-order valence-corrected chi connectivity index (χ0v) is 17.9. The van der Waals surface area contributed by atoms with Gasteiger partial charge in [0.05, 0.1) is 16.7 Å². The summed E-state index contributed by atoms with van der Waals surface area (Å²) in [6, 6.07) is 15.1. The molecule has 0 aliphatic carbocycles. The van der Waals surface area contributed by atoms with E-state index in [2.05, 4.69) is 33.3 Å². The van der Waals surface area contributed by atoms with Crippen molar-refractivity contribution in [2.45, 2.75) is 40.0 Å². The molecule has 1 unspecified atom stereocenters. The molecule has 0 fully saturated rings. The minimum absolute atomic E-state index is 0.112. The average Bonchev–Trinajstić information content (AvgIpc) is 3.08. The first-order valence-corrected chi connectivity index (χ1v) is 10.1. The Morgan fingerprint density at radius 3 is 2.75 bits per heavy atom. The smallest absolute Gasteiger partial charge is 0.251 e. The van der Waals surface area contributed by atoms with E-state index < -0.39 is 0 Å². The molecule has 1 amide bonds. The van der Waals surface area contributed by atoms with E-state index in [1.165, 1.54) is 0 Å². The Bertz CT molecular complexity index is 968. The standard InChI is InChI=1S/C22H24BrN3O2/c1-4-26-16(3)19(13-24-26)15(2)25-22(27)18-9-7-8-17(12-18)14-28-21-11-6-5-10-20(21)23/h5-13,15H,4,14H2,1-3H3,(H,25,27). The molecule has 3 rings (SSSR count). The second-order valence-electron chi connectivity index (χ2n) is 6.62. The van der Waals surface area contributed by atoms with Gasteiger partial charge in [0.2, 0.25) is 0 Å². The number of rotatable bonds is 7. The van der Waals surface area contributed by atoms with Crippen LogP contribution in [0.15, 0.2) is 59.2 Å². The lowest BCUT2D eigenvalue weighted by Gasteiger charge is -2.15. The van der Waals surface area contributed by atoms with Gasteiger partial charge >= 0.3 is 0 Å². The van der Waals surface area contributed by atoms with Crippen LogP contribution in [-0.2, 0) is 13.2 Å². The fourth-order valence-electron chi connectivity index (χ4n) is 3.09. The number of nitrogens with zero attached hydrogens (tertiary/aromatic N) is 2. The van der Waals surface area contributed by atoms with Crippen LogP contribution >= 0.6 is 15.9 Å². The third-order valence-electron chi connectivity index (χ3n) is 4.67. The molecule has 1 atom stereocenters. The number of benzene rings is 2. The maximum atomic E-state index is 12.7. The molecule has 3 aromatic rings. The van der Waals surface area contributed by atoms with Crippen molar-refractivity contribution in [1.29, 1.82) is 0 Å². The highest BCUT2D eigenvalue weighted by atomic mass is 79.9. The second kappa shape index (κ2) is 9.06. The van der Waals surface area contributed by atoms with Gasteiger partial charge < -0.3 is 10.1 Å². The Balaban J connectivity index is 1.66. The molecule has 0 saturated heterocycles. The number of para-hydroxylation sites is 1. The first-order valence-electron chi connectivity index (χ1n) is 9.29. The van der Waals surface area contributed by atoms with E-state index >= 15 is 0 Å². The van der Waals surface area contributed by atoms with E-state index in [1.54, 1.807) is 0 Å². The van der Waals surface area contributed by atoms with Gasteiger partial charge in [0.25, 0.3) is 5.91 Å². The number of hydrogen-bond acceptors (Lipinski definition) is 3.